The first kappa shape index (κ1) is 19.1. The third-order valence-electron chi connectivity index (χ3n) is 2.38. The number of carbonyl (C=O) groups is 1. The minimum absolute atomic E-state index is 0.0178. The Bertz CT molecular complexity index is 519. The molecular weight excluding hydrogens is 301 g/mol. The number of anilines is 1. The lowest BCUT2D eigenvalue weighted by atomic mass is 10.2. The van der Waals surface area contributed by atoms with Crippen LogP contribution in [-0.4, -0.2) is 23.9 Å². The van der Waals surface area contributed by atoms with Crippen LogP contribution >= 0.6 is 0 Å². The minimum Gasteiger partial charge on any atom is -0.488 e. The molecule has 0 aliphatic rings. The van der Waals surface area contributed by atoms with Crippen LogP contribution in [0.1, 0.15) is 48.5 Å². The number of hydrogen-bond acceptors (Lipinski definition) is 4. The third kappa shape index (κ3) is 6.76. The number of amides is 1. The van der Waals surface area contributed by atoms with Gasteiger partial charge in [-0.1, -0.05) is 0 Å². The van der Waals surface area contributed by atoms with Gasteiger partial charge >= 0.3 is 6.09 Å². The summed E-state index contributed by atoms with van der Waals surface area (Å²) in [6.07, 6.45) is -1.06. The summed E-state index contributed by atoms with van der Waals surface area (Å²) in [5.74, 6) is -0.560. The van der Waals surface area contributed by atoms with Gasteiger partial charge in [-0.25, -0.2) is 4.79 Å². The van der Waals surface area contributed by atoms with Crippen LogP contribution in [0.3, 0.4) is 0 Å². The molecular formula is C17H26FNO4. The molecule has 0 aromatic heterocycles. The molecule has 0 fully saturated rings. The van der Waals surface area contributed by atoms with Crippen molar-refractivity contribution in [1.29, 1.82) is 0 Å². The zero-order valence-electron chi connectivity index (χ0n) is 14.8. The molecule has 0 spiro atoms. The van der Waals surface area contributed by atoms with Gasteiger partial charge < -0.3 is 14.2 Å². The molecule has 1 amide bonds. The van der Waals surface area contributed by atoms with Crippen LogP contribution < -0.4 is 14.8 Å². The molecule has 1 rings (SSSR count). The average molecular weight is 327 g/mol. The summed E-state index contributed by atoms with van der Waals surface area (Å²) in [6.45, 7) is 12.4. The Hall–Kier alpha value is -1.98. The van der Waals surface area contributed by atoms with Crippen LogP contribution in [-0.2, 0) is 4.74 Å². The van der Waals surface area contributed by atoms with E-state index in [1.807, 2.05) is 0 Å². The Kier molecular flexibility index (Phi) is 6.24. The van der Waals surface area contributed by atoms with E-state index in [2.05, 4.69) is 5.32 Å². The summed E-state index contributed by atoms with van der Waals surface area (Å²) in [6, 6.07) is 2.82. The molecule has 6 heteroatoms. The number of nitrogens with one attached hydrogen (secondary N) is 1. The van der Waals surface area contributed by atoms with Gasteiger partial charge in [-0.2, -0.15) is 4.39 Å². The monoisotopic (exact) mass is 327 g/mol. The molecule has 1 N–H and O–H groups in total. The number of hydrogen-bond donors (Lipinski definition) is 1. The van der Waals surface area contributed by atoms with Gasteiger partial charge in [-0.15, -0.1) is 0 Å². The van der Waals surface area contributed by atoms with E-state index in [1.54, 1.807) is 48.5 Å². The largest absolute Gasteiger partial charge is 0.488 e. The Morgan fingerprint density at radius 2 is 1.48 bits per heavy atom. The van der Waals surface area contributed by atoms with Crippen LogP contribution in [0.4, 0.5) is 14.9 Å². The lowest BCUT2D eigenvalue weighted by molar-refractivity contribution is 0.0636. The Morgan fingerprint density at radius 3 is 1.83 bits per heavy atom. The quantitative estimate of drug-likeness (QED) is 0.848. The standard InChI is InChI=1S/C17H26FNO4/c1-10(2)21-13-8-12(19-16(20)23-17(5,6)7)9-14(15(13)18)22-11(3)4/h8-11H,1-7H3,(H,19,20). The van der Waals surface area contributed by atoms with Gasteiger partial charge in [-0.05, 0) is 48.5 Å². The second-order valence-corrected chi connectivity index (χ2v) is 6.75. The topological polar surface area (TPSA) is 56.8 Å². The van der Waals surface area contributed by atoms with E-state index in [1.165, 1.54) is 12.1 Å². The summed E-state index contributed by atoms with van der Waals surface area (Å²) in [5.41, 5.74) is -0.287. The average Bonchev–Trinajstić information content (AvgIpc) is 2.31. The van der Waals surface area contributed by atoms with Crippen molar-refractivity contribution < 1.29 is 23.4 Å². The molecule has 1 aromatic carbocycles. The van der Waals surface area contributed by atoms with Crippen molar-refractivity contribution in [2.24, 2.45) is 0 Å². The molecule has 0 bridgehead atoms. The maximum Gasteiger partial charge on any atom is 0.412 e. The summed E-state index contributed by atoms with van der Waals surface area (Å²) in [7, 11) is 0. The SMILES string of the molecule is CC(C)Oc1cc(NC(=O)OC(C)(C)C)cc(OC(C)C)c1F. The predicted molar refractivity (Wildman–Crippen MR) is 87.8 cm³/mol. The van der Waals surface area contributed by atoms with Crippen molar-refractivity contribution in [3.8, 4) is 11.5 Å². The molecule has 130 valence electrons. The smallest absolute Gasteiger partial charge is 0.412 e. The summed E-state index contributed by atoms with van der Waals surface area (Å²) >= 11 is 0. The lowest BCUT2D eigenvalue weighted by Gasteiger charge is -2.21. The van der Waals surface area contributed by atoms with Gasteiger partial charge in [0.15, 0.2) is 11.5 Å². The number of rotatable bonds is 5. The van der Waals surface area contributed by atoms with E-state index in [4.69, 9.17) is 14.2 Å². The number of carbonyl (C=O) groups excluding carboxylic acids is 1. The van der Waals surface area contributed by atoms with E-state index in [9.17, 15) is 9.18 Å². The van der Waals surface area contributed by atoms with E-state index in [0.29, 0.717) is 5.69 Å². The molecule has 0 saturated carbocycles. The molecule has 0 heterocycles. The molecule has 1 aromatic rings. The fraction of sp³-hybridized carbons (Fsp3) is 0.588. The summed E-state index contributed by atoms with van der Waals surface area (Å²) < 4.78 is 30.5. The van der Waals surface area contributed by atoms with Gasteiger partial charge in [0.1, 0.15) is 5.60 Å². The van der Waals surface area contributed by atoms with Crippen molar-refractivity contribution in [2.45, 2.75) is 66.3 Å². The molecule has 23 heavy (non-hydrogen) atoms. The second kappa shape index (κ2) is 7.53. The fourth-order valence-electron chi connectivity index (χ4n) is 1.75. The summed E-state index contributed by atoms with van der Waals surface area (Å²) in [5, 5.41) is 2.57. The molecule has 0 radical (unpaired) electrons. The van der Waals surface area contributed by atoms with Gasteiger partial charge in [0, 0.05) is 12.1 Å². The van der Waals surface area contributed by atoms with Crippen molar-refractivity contribution in [2.75, 3.05) is 5.32 Å². The normalized spacial score (nSPS) is 11.6. The van der Waals surface area contributed by atoms with Crippen molar-refractivity contribution >= 4 is 11.8 Å². The molecule has 0 aliphatic heterocycles. The maximum atomic E-state index is 14.4. The number of ether oxygens (including phenoxy) is 3. The van der Waals surface area contributed by atoms with Crippen molar-refractivity contribution in [1.82, 2.24) is 0 Å². The van der Waals surface area contributed by atoms with E-state index in [-0.39, 0.29) is 23.7 Å². The van der Waals surface area contributed by atoms with E-state index in [0.717, 1.165) is 0 Å². The van der Waals surface area contributed by atoms with Gasteiger partial charge in [0.25, 0.3) is 0 Å². The van der Waals surface area contributed by atoms with Crippen molar-refractivity contribution in [3.05, 3.63) is 17.9 Å². The van der Waals surface area contributed by atoms with E-state index >= 15 is 0 Å². The first-order valence-electron chi connectivity index (χ1n) is 7.65. The third-order valence-corrected chi connectivity index (χ3v) is 2.38. The Balaban J connectivity index is 3.08. The Labute approximate surface area is 137 Å². The van der Waals surface area contributed by atoms with Crippen LogP contribution in [0.15, 0.2) is 12.1 Å². The molecule has 0 saturated heterocycles. The van der Waals surface area contributed by atoms with E-state index < -0.39 is 17.5 Å². The second-order valence-electron chi connectivity index (χ2n) is 6.75. The first-order valence-corrected chi connectivity index (χ1v) is 7.65. The highest BCUT2D eigenvalue weighted by Gasteiger charge is 2.19. The molecule has 0 atom stereocenters. The fourth-order valence-corrected chi connectivity index (χ4v) is 1.75. The highest BCUT2D eigenvalue weighted by molar-refractivity contribution is 5.85. The molecule has 0 unspecified atom stereocenters. The highest BCUT2D eigenvalue weighted by Crippen LogP contribution is 2.33. The maximum absolute atomic E-state index is 14.4. The van der Waals surface area contributed by atoms with Crippen LogP contribution in [0, 0.1) is 5.82 Å². The van der Waals surface area contributed by atoms with Gasteiger partial charge in [-0.3, -0.25) is 5.32 Å². The Morgan fingerprint density at radius 1 is 1.04 bits per heavy atom. The van der Waals surface area contributed by atoms with Crippen molar-refractivity contribution in [3.63, 3.8) is 0 Å². The van der Waals surface area contributed by atoms with Gasteiger partial charge in [0.2, 0.25) is 5.82 Å². The number of benzene rings is 1. The summed E-state index contributed by atoms with van der Waals surface area (Å²) in [4.78, 5) is 11.9. The lowest BCUT2D eigenvalue weighted by Crippen LogP contribution is -2.27. The zero-order chi connectivity index (χ0) is 17.8. The first-order chi connectivity index (χ1) is 10.5. The van der Waals surface area contributed by atoms with Crippen LogP contribution in [0.5, 0.6) is 11.5 Å². The predicted octanol–water partition coefficient (Wildman–Crippen LogP) is 4.75. The highest BCUT2D eigenvalue weighted by atomic mass is 19.1. The number of halogens is 1. The van der Waals surface area contributed by atoms with Crippen LogP contribution in [0.2, 0.25) is 0 Å². The van der Waals surface area contributed by atoms with Crippen LogP contribution in [0.25, 0.3) is 0 Å². The minimum atomic E-state index is -0.630. The molecule has 5 nitrogen and oxygen atoms in total. The molecule has 0 aliphatic carbocycles. The zero-order valence-corrected chi connectivity index (χ0v) is 14.8. The van der Waals surface area contributed by atoms with Gasteiger partial charge in [0.05, 0.1) is 17.9 Å².